The van der Waals surface area contributed by atoms with Gasteiger partial charge in [0, 0.05) is 55.8 Å². The molecular formula is C32H37N9O4. The molecule has 0 unspecified atom stereocenters. The number of pyridine rings is 1. The van der Waals surface area contributed by atoms with Gasteiger partial charge in [-0.1, -0.05) is 12.1 Å². The summed E-state index contributed by atoms with van der Waals surface area (Å²) in [6, 6.07) is 11.2. The van der Waals surface area contributed by atoms with Gasteiger partial charge in [-0.3, -0.25) is 9.48 Å². The molecule has 1 aromatic carbocycles. The lowest BCUT2D eigenvalue weighted by Gasteiger charge is -2.38. The summed E-state index contributed by atoms with van der Waals surface area (Å²) in [6.45, 7) is 12.2. The minimum absolute atomic E-state index is 0.0607. The Morgan fingerprint density at radius 2 is 2.00 bits per heavy atom. The number of amides is 1. The summed E-state index contributed by atoms with van der Waals surface area (Å²) < 4.78 is 16.9. The van der Waals surface area contributed by atoms with Crippen LogP contribution in [0.4, 0.5) is 16.4 Å². The van der Waals surface area contributed by atoms with Gasteiger partial charge in [-0.05, 0) is 52.0 Å². The average molecular weight is 612 g/mol. The van der Waals surface area contributed by atoms with Gasteiger partial charge in [-0.15, -0.1) is 6.58 Å². The molecule has 1 fully saturated rings. The third kappa shape index (κ3) is 6.10. The number of likely N-dealkylation sites (tertiary alicyclic amines) is 1. The van der Waals surface area contributed by atoms with Gasteiger partial charge in [-0.2, -0.15) is 15.1 Å². The van der Waals surface area contributed by atoms with E-state index in [0.29, 0.717) is 48.1 Å². The predicted molar refractivity (Wildman–Crippen MR) is 171 cm³/mol. The number of nitrogens with one attached hydrogen (secondary N) is 1. The van der Waals surface area contributed by atoms with Crippen molar-refractivity contribution in [2.45, 2.75) is 64.8 Å². The number of benzene rings is 1. The molecule has 6 rings (SSSR count). The quantitative estimate of drug-likeness (QED) is 0.253. The van der Waals surface area contributed by atoms with E-state index < -0.39 is 5.60 Å². The molecule has 0 spiro atoms. The van der Waals surface area contributed by atoms with Gasteiger partial charge in [0.25, 0.3) is 5.56 Å². The summed E-state index contributed by atoms with van der Waals surface area (Å²) in [4.78, 5) is 41.8. The minimum Gasteiger partial charge on any atom is -0.474 e. The van der Waals surface area contributed by atoms with E-state index >= 15 is 0 Å². The van der Waals surface area contributed by atoms with E-state index in [9.17, 15) is 9.59 Å². The molecule has 13 heteroatoms. The molecule has 0 bridgehead atoms. The Balaban J connectivity index is 1.27. The molecule has 0 aliphatic carbocycles. The van der Waals surface area contributed by atoms with Crippen molar-refractivity contribution in [3.63, 3.8) is 0 Å². The van der Waals surface area contributed by atoms with Gasteiger partial charge in [0.1, 0.15) is 17.1 Å². The van der Waals surface area contributed by atoms with Gasteiger partial charge in [0.05, 0.1) is 18.3 Å². The fourth-order valence-corrected chi connectivity index (χ4v) is 5.57. The van der Waals surface area contributed by atoms with Gasteiger partial charge in [0.15, 0.2) is 11.5 Å². The van der Waals surface area contributed by atoms with Crippen LogP contribution in [0.1, 0.15) is 40.5 Å². The lowest BCUT2D eigenvalue weighted by atomic mass is 10.0. The Bertz CT molecular complexity index is 1950. The molecule has 1 aliphatic rings. The zero-order valence-electron chi connectivity index (χ0n) is 26.1. The van der Waals surface area contributed by atoms with E-state index in [1.807, 2.05) is 59.0 Å². The molecule has 13 nitrogen and oxygen atoms in total. The second-order valence-corrected chi connectivity index (χ2v) is 12.2. The van der Waals surface area contributed by atoms with Crippen molar-refractivity contribution >= 4 is 39.7 Å². The summed E-state index contributed by atoms with van der Waals surface area (Å²) in [5.74, 6) is 1.20. The summed E-state index contributed by atoms with van der Waals surface area (Å²) in [5, 5.41) is 8.87. The van der Waals surface area contributed by atoms with E-state index in [0.717, 1.165) is 16.6 Å². The first-order valence-corrected chi connectivity index (χ1v) is 14.9. The number of aryl methyl sites for hydroxylation is 1. The van der Waals surface area contributed by atoms with Gasteiger partial charge < -0.3 is 19.7 Å². The number of carbonyl (C=O) groups excluding carboxylic acids is 1. The normalized spacial score (nSPS) is 17.0. The number of ether oxygens (including phenoxy) is 2. The topological polar surface area (TPSA) is 134 Å². The maximum Gasteiger partial charge on any atom is 0.410 e. The third-order valence-corrected chi connectivity index (χ3v) is 7.65. The Morgan fingerprint density at radius 1 is 1.18 bits per heavy atom. The zero-order valence-corrected chi connectivity index (χ0v) is 26.1. The maximum absolute atomic E-state index is 13.4. The molecule has 1 saturated heterocycles. The van der Waals surface area contributed by atoms with Crippen molar-refractivity contribution in [3.05, 3.63) is 71.8 Å². The number of piperidine rings is 1. The number of anilines is 2. The van der Waals surface area contributed by atoms with Crippen molar-refractivity contribution in [3.8, 4) is 11.7 Å². The molecule has 0 radical (unpaired) electrons. The van der Waals surface area contributed by atoms with Crippen LogP contribution in [0.25, 0.3) is 27.8 Å². The number of rotatable bonds is 7. The summed E-state index contributed by atoms with van der Waals surface area (Å²) in [5.41, 5.74) is 1.37. The first kappa shape index (κ1) is 29.9. The van der Waals surface area contributed by atoms with Crippen LogP contribution in [0.15, 0.2) is 66.2 Å². The Kier molecular flexibility index (Phi) is 7.77. The van der Waals surface area contributed by atoms with Crippen molar-refractivity contribution in [2.75, 3.05) is 11.9 Å². The highest BCUT2D eigenvalue weighted by Crippen LogP contribution is 2.26. The number of allylic oxidation sites excluding steroid dienone is 1. The molecule has 4 aromatic heterocycles. The summed E-state index contributed by atoms with van der Waals surface area (Å²) >= 11 is 0. The fraction of sp³-hybridized carbons (Fsp3) is 0.375. The van der Waals surface area contributed by atoms with Crippen LogP contribution in [-0.2, 0) is 18.3 Å². The van der Waals surface area contributed by atoms with E-state index in [1.54, 1.807) is 38.7 Å². The minimum atomic E-state index is -0.556. The Labute approximate surface area is 260 Å². The number of carbonyl (C=O) groups is 1. The smallest absolute Gasteiger partial charge is 0.410 e. The van der Waals surface area contributed by atoms with Crippen molar-refractivity contribution < 1.29 is 14.3 Å². The van der Waals surface area contributed by atoms with Crippen LogP contribution in [0.5, 0.6) is 5.88 Å². The molecule has 1 N–H and O–H groups in total. The van der Waals surface area contributed by atoms with Gasteiger partial charge >= 0.3 is 6.09 Å². The molecule has 5 aromatic rings. The second-order valence-electron chi connectivity index (χ2n) is 12.2. The highest BCUT2D eigenvalue weighted by atomic mass is 16.6. The lowest BCUT2D eigenvalue weighted by Crippen LogP contribution is -2.49. The summed E-state index contributed by atoms with van der Waals surface area (Å²) in [7, 11) is 1.89. The van der Waals surface area contributed by atoms with E-state index in [-0.39, 0.29) is 30.3 Å². The predicted octanol–water partition coefficient (Wildman–Crippen LogP) is 4.96. The molecule has 1 amide bonds. The summed E-state index contributed by atoms with van der Waals surface area (Å²) in [6.07, 6.45) is 5.76. The molecule has 234 valence electrons. The number of nitrogens with zero attached hydrogens (tertiary/aromatic N) is 8. The monoisotopic (exact) mass is 611 g/mol. The van der Waals surface area contributed by atoms with Crippen molar-refractivity contribution in [2.24, 2.45) is 7.05 Å². The first-order chi connectivity index (χ1) is 21.5. The Hall–Kier alpha value is -5.20. The number of aromatic nitrogens is 7. The molecule has 45 heavy (non-hydrogen) atoms. The van der Waals surface area contributed by atoms with Crippen LogP contribution in [0, 0.1) is 0 Å². The fourth-order valence-electron chi connectivity index (χ4n) is 5.57. The molecule has 0 saturated carbocycles. The molecule has 2 atom stereocenters. The maximum atomic E-state index is 13.4. The van der Waals surface area contributed by atoms with Gasteiger partial charge in [0.2, 0.25) is 11.8 Å². The SMILES string of the molecule is C=CCn1c(=O)c2cnc(Nc3ccc4c(cnn4C)c3)nc2n1-c1cccc(O[C@H]2CCN(C(=O)OC(C)(C)C)[C@H](C)C2)n1. The second kappa shape index (κ2) is 11.7. The highest BCUT2D eigenvalue weighted by molar-refractivity contribution is 5.83. The van der Waals surface area contributed by atoms with Crippen LogP contribution in [-0.4, -0.2) is 69.4 Å². The van der Waals surface area contributed by atoms with Crippen LogP contribution >= 0.6 is 0 Å². The first-order valence-electron chi connectivity index (χ1n) is 14.9. The van der Waals surface area contributed by atoms with E-state index in [2.05, 4.69) is 22.0 Å². The largest absolute Gasteiger partial charge is 0.474 e. The average Bonchev–Trinajstić information content (AvgIpc) is 3.48. The lowest BCUT2D eigenvalue weighted by molar-refractivity contribution is -0.00150. The van der Waals surface area contributed by atoms with Crippen molar-refractivity contribution in [1.82, 2.24) is 39.0 Å². The number of fused-ring (bicyclic) bond motifs is 2. The Morgan fingerprint density at radius 3 is 2.76 bits per heavy atom. The zero-order chi connectivity index (χ0) is 31.9. The van der Waals surface area contributed by atoms with Crippen LogP contribution in [0.2, 0.25) is 0 Å². The van der Waals surface area contributed by atoms with Gasteiger partial charge in [-0.25, -0.2) is 19.1 Å². The third-order valence-electron chi connectivity index (χ3n) is 7.65. The standard InChI is InChI=1S/C32H37N9O4/c1-7-14-40-29(42)24-19-33-30(35-22-11-12-25-21(17-22)18-34-38(25)6)37-28(24)41(40)26-9-8-10-27(36-26)44-23-13-15-39(20(2)16-23)31(43)45-32(3,4)5/h7-12,17-20,23H,1,13-16H2,2-6H3,(H,33,35,37)/t20-,23+/m1/s1. The number of hydrogen-bond donors (Lipinski definition) is 1. The van der Waals surface area contributed by atoms with E-state index in [4.69, 9.17) is 19.4 Å². The molecule has 5 heterocycles. The van der Waals surface area contributed by atoms with E-state index in [1.165, 1.54) is 10.9 Å². The molecular weight excluding hydrogens is 574 g/mol. The number of hydrogen-bond acceptors (Lipinski definition) is 9. The highest BCUT2D eigenvalue weighted by Gasteiger charge is 2.33. The van der Waals surface area contributed by atoms with Crippen LogP contribution in [0.3, 0.4) is 0 Å². The molecule has 1 aliphatic heterocycles. The van der Waals surface area contributed by atoms with Crippen molar-refractivity contribution in [1.29, 1.82) is 0 Å². The van der Waals surface area contributed by atoms with Crippen LogP contribution < -0.4 is 15.6 Å².